The Morgan fingerprint density at radius 2 is 1.86 bits per heavy atom. The fourth-order valence-corrected chi connectivity index (χ4v) is 3.23. The minimum atomic E-state index is -0.607. The van der Waals surface area contributed by atoms with Crippen LogP contribution < -0.4 is 4.74 Å². The molecule has 1 aromatic heterocycles. The molecular formula is C21H23N3O4. The second kappa shape index (κ2) is 8.67. The van der Waals surface area contributed by atoms with Gasteiger partial charge in [-0.25, -0.2) is 0 Å². The normalized spacial score (nSPS) is 11.1. The van der Waals surface area contributed by atoms with Crippen LogP contribution in [0.5, 0.6) is 11.5 Å². The SMILES string of the molecule is CCN(CC)CCOc1c(-c2cccc3cccnc23)ccc(O)c1[N+](=O)[O-]. The first-order valence-electron chi connectivity index (χ1n) is 9.26. The summed E-state index contributed by atoms with van der Waals surface area (Å²) >= 11 is 0. The molecular weight excluding hydrogens is 358 g/mol. The quantitative estimate of drug-likeness (QED) is 0.464. The van der Waals surface area contributed by atoms with Crippen molar-refractivity contribution in [2.45, 2.75) is 13.8 Å². The average Bonchev–Trinajstić information content (AvgIpc) is 2.71. The molecule has 1 heterocycles. The number of rotatable bonds is 8. The first-order chi connectivity index (χ1) is 13.6. The van der Waals surface area contributed by atoms with E-state index in [1.165, 1.54) is 6.07 Å². The van der Waals surface area contributed by atoms with Crippen molar-refractivity contribution in [1.29, 1.82) is 0 Å². The molecule has 0 aliphatic heterocycles. The summed E-state index contributed by atoms with van der Waals surface area (Å²) in [6.45, 7) is 6.73. The van der Waals surface area contributed by atoms with Crippen LogP contribution in [0, 0.1) is 10.1 Å². The third-order valence-corrected chi connectivity index (χ3v) is 4.76. The number of nitro benzene ring substituents is 1. The Hall–Kier alpha value is -3.19. The first kappa shape index (κ1) is 19.6. The van der Waals surface area contributed by atoms with Gasteiger partial charge in [-0.3, -0.25) is 15.1 Å². The third kappa shape index (κ3) is 3.89. The number of hydrogen-bond acceptors (Lipinski definition) is 6. The Labute approximate surface area is 163 Å². The van der Waals surface area contributed by atoms with E-state index in [1.807, 2.05) is 44.2 Å². The fourth-order valence-electron chi connectivity index (χ4n) is 3.23. The lowest BCUT2D eigenvalue weighted by molar-refractivity contribution is -0.386. The van der Waals surface area contributed by atoms with Crippen LogP contribution in [-0.4, -0.2) is 46.2 Å². The van der Waals surface area contributed by atoms with Crippen LogP contribution in [0.4, 0.5) is 5.69 Å². The van der Waals surface area contributed by atoms with Crippen molar-refractivity contribution in [2.75, 3.05) is 26.2 Å². The maximum atomic E-state index is 11.6. The van der Waals surface area contributed by atoms with Crippen molar-refractivity contribution in [3.8, 4) is 22.6 Å². The highest BCUT2D eigenvalue weighted by molar-refractivity contribution is 5.96. The van der Waals surface area contributed by atoms with Gasteiger partial charge in [0.25, 0.3) is 0 Å². The molecule has 28 heavy (non-hydrogen) atoms. The van der Waals surface area contributed by atoms with Gasteiger partial charge >= 0.3 is 5.69 Å². The monoisotopic (exact) mass is 381 g/mol. The Balaban J connectivity index is 2.10. The molecule has 0 aliphatic carbocycles. The van der Waals surface area contributed by atoms with Gasteiger partial charge in [-0.15, -0.1) is 0 Å². The highest BCUT2D eigenvalue weighted by Gasteiger charge is 2.26. The van der Waals surface area contributed by atoms with Gasteiger partial charge in [-0.2, -0.15) is 0 Å². The molecule has 3 aromatic rings. The molecule has 0 bridgehead atoms. The summed E-state index contributed by atoms with van der Waals surface area (Å²) in [6, 6.07) is 12.4. The van der Waals surface area contributed by atoms with Crippen LogP contribution in [0.1, 0.15) is 13.8 Å². The van der Waals surface area contributed by atoms with E-state index < -0.39 is 16.4 Å². The van der Waals surface area contributed by atoms with E-state index in [2.05, 4.69) is 9.88 Å². The Morgan fingerprint density at radius 3 is 2.57 bits per heavy atom. The molecule has 7 heteroatoms. The zero-order chi connectivity index (χ0) is 20.1. The number of aromatic hydroxyl groups is 1. The summed E-state index contributed by atoms with van der Waals surface area (Å²) in [5.41, 5.74) is 1.55. The number of nitrogens with zero attached hydrogens (tertiary/aromatic N) is 3. The van der Waals surface area contributed by atoms with Crippen molar-refractivity contribution in [2.24, 2.45) is 0 Å². The van der Waals surface area contributed by atoms with E-state index in [-0.39, 0.29) is 12.4 Å². The molecule has 3 rings (SSSR count). The zero-order valence-electron chi connectivity index (χ0n) is 16.0. The first-order valence-corrected chi connectivity index (χ1v) is 9.26. The highest BCUT2D eigenvalue weighted by atomic mass is 16.6. The Kier molecular flexibility index (Phi) is 6.06. The summed E-state index contributed by atoms with van der Waals surface area (Å²) < 4.78 is 5.88. The topological polar surface area (TPSA) is 88.7 Å². The Bertz CT molecular complexity index is 981. The van der Waals surface area contributed by atoms with Gasteiger partial charge in [-0.1, -0.05) is 38.1 Å². The van der Waals surface area contributed by atoms with E-state index in [9.17, 15) is 15.2 Å². The van der Waals surface area contributed by atoms with Crippen LogP contribution in [0.15, 0.2) is 48.7 Å². The van der Waals surface area contributed by atoms with Gasteiger partial charge in [0.15, 0.2) is 5.75 Å². The van der Waals surface area contributed by atoms with Gasteiger partial charge in [0, 0.05) is 29.3 Å². The molecule has 0 spiro atoms. The van der Waals surface area contributed by atoms with Gasteiger partial charge in [0.2, 0.25) is 5.75 Å². The smallest absolute Gasteiger partial charge is 0.352 e. The molecule has 2 aromatic carbocycles. The van der Waals surface area contributed by atoms with E-state index in [1.54, 1.807) is 12.3 Å². The number of fused-ring (bicyclic) bond motifs is 1. The lowest BCUT2D eigenvalue weighted by atomic mass is 10.00. The molecule has 1 N–H and O–H groups in total. The van der Waals surface area contributed by atoms with Crippen molar-refractivity contribution in [1.82, 2.24) is 9.88 Å². The molecule has 0 saturated carbocycles. The van der Waals surface area contributed by atoms with Gasteiger partial charge in [0.05, 0.1) is 10.4 Å². The predicted octanol–water partition coefficient (Wildman–Crippen LogP) is 4.24. The summed E-state index contributed by atoms with van der Waals surface area (Å²) in [5.74, 6) is -0.352. The molecule has 0 amide bonds. The molecule has 7 nitrogen and oxygen atoms in total. The van der Waals surface area contributed by atoms with Crippen molar-refractivity contribution >= 4 is 16.6 Å². The number of phenolic OH excluding ortho intramolecular Hbond substituents is 1. The van der Waals surface area contributed by atoms with Gasteiger partial charge in [0.1, 0.15) is 6.61 Å². The maximum Gasteiger partial charge on any atom is 0.352 e. The number of benzene rings is 2. The number of likely N-dealkylation sites (N-methyl/N-ethyl adjacent to an activating group) is 1. The number of aromatic nitrogens is 1. The predicted molar refractivity (Wildman–Crippen MR) is 109 cm³/mol. The van der Waals surface area contributed by atoms with Crippen LogP contribution >= 0.6 is 0 Å². The molecule has 0 atom stereocenters. The third-order valence-electron chi connectivity index (χ3n) is 4.76. The summed E-state index contributed by atoms with van der Waals surface area (Å²) in [7, 11) is 0. The number of para-hydroxylation sites is 1. The summed E-state index contributed by atoms with van der Waals surface area (Å²) in [4.78, 5) is 17.6. The molecule has 0 fully saturated rings. The Morgan fingerprint density at radius 1 is 1.11 bits per heavy atom. The van der Waals surface area contributed by atoms with Crippen LogP contribution in [0.3, 0.4) is 0 Å². The van der Waals surface area contributed by atoms with Crippen molar-refractivity contribution in [3.63, 3.8) is 0 Å². The van der Waals surface area contributed by atoms with E-state index >= 15 is 0 Å². The van der Waals surface area contributed by atoms with Crippen molar-refractivity contribution < 1.29 is 14.8 Å². The summed E-state index contributed by atoms with van der Waals surface area (Å²) in [5, 5.41) is 22.7. The average molecular weight is 381 g/mol. The van der Waals surface area contributed by atoms with Gasteiger partial charge < -0.3 is 14.7 Å². The lowest BCUT2D eigenvalue weighted by Gasteiger charge is -2.19. The number of nitro groups is 1. The maximum absolute atomic E-state index is 11.6. The van der Waals surface area contributed by atoms with E-state index in [0.29, 0.717) is 12.1 Å². The fraction of sp³-hybridized carbons (Fsp3) is 0.286. The van der Waals surface area contributed by atoms with Gasteiger partial charge in [-0.05, 0) is 31.3 Å². The minimum absolute atomic E-state index is 0.0651. The summed E-state index contributed by atoms with van der Waals surface area (Å²) in [6.07, 6.45) is 1.68. The second-order valence-corrected chi connectivity index (χ2v) is 6.32. The number of phenols is 1. The lowest BCUT2D eigenvalue weighted by Crippen LogP contribution is -2.28. The van der Waals surface area contributed by atoms with Crippen LogP contribution in [0.25, 0.3) is 22.0 Å². The molecule has 146 valence electrons. The zero-order valence-corrected chi connectivity index (χ0v) is 16.0. The number of hydrogen-bond donors (Lipinski definition) is 1. The molecule has 0 unspecified atom stereocenters. The van der Waals surface area contributed by atoms with E-state index in [0.717, 1.165) is 29.6 Å². The van der Waals surface area contributed by atoms with Crippen LogP contribution in [0.2, 0.25) is 0 Å². The highest BCUT2D eigenvalue weighted by Crippen LogP contribution is 2.44. The van der Waals surface area contributed by atoms with Crippen molar-refractivity contribution in [3.05, 3.63) is 58.8 Å². The van der Waals surface area contributed by atoms with E-state index in [4.69, 9.17) is 4.74 Å². The number of pyridine rings is 1. The largest absolute Gasteiger partial charge is 0.502 e. The minimum Gasteiger partial charge on any atom is -0.502 e. The molecule has 0 saturated heterocycles. The molecule has 0 radical (unpaired) electrons. The van der Waals surface area contributed by atoms with Crippen LogP contribution in [-0.2, 0) is 0 Å². The molecule has 0 aliphatic rings. The standard InChI is InChI=1S/C21H23N3O4/c1-3-23(4-2)13-14-28-21-17(10-11-18(25)20(21)24(26)27)16-9-5-7-15-8-6-12-22-19(15)16/h5-12,25H,3-4,13-14H2,1-2H3. The second-order valence-electron chi connectivity index (χ2n) is 6.32. The number of ether oxygens (including phenoxy) is 1.